The van der Waals surface area contributed by atoms with Crippen molar-refractivity contribution in [2.45, 2.75) is 69.3 Å². The molecule has 4 rings (SSSR count). The Bertz CT molecular complexity index is 1650. The molecule has 1 heterocycles. The molecule has 248 valence electrons. The number of rotatable bonds is 12. The van der Waals surface area contributed by atoms with Gasteiger partial charge in [0, 0.05) is 24.9 Å². The molecule has 0 spiro atoms. The van der Waals surface area contributed by atoms with Crippen molar-refractivity contribution in [3.05, 3.63) is 89.5 Å². The van der Waals surface area contributed by atoms with Crippen molar-refractivity contribution in [3.8, 4) is 11.5 Å². The van der Waals surface area contributed by atoms with E-state index in [1.807, 2.05) is 47.4 Å². The maximum Gasteiger partial charge on any atom is 0.256 e. The van der Waals surface area contributed by atoms with Gasteiger partial charge in [-0.2, -0.15) is 0 Å². The predicted octanol–water partition coefficient (Wildman–Crippen LogP) is 6.47. The number of hydrogen-bond donors (Lipinski definition) is 2. The van der Waals surface area contributed by atoms with Gasteiger partial charge in [0.25, 0.3) is 5.91 Å². The van der Waals surface area contributed by atoms with Crippen LogP contribution < -0.4 is 19.9 Å². The fourth-order valence-electron chi connectivity index (χ4n) is 5.08. The molecule has 11 heteroatoms. The molecule has 3 aromatic carbocycles. The molecule has 0 radical (unpaired) electrons. The van der Waals surface area contributed by atoms with Crippen molar-refractivity contribution in [2.75, 3.05) is 33.0 Å². The first kappa shape index (κ1) is 35.2. The number of nitrogen functional groups attached to an aromatic ring is 1. The van der Waals surface area contributed by atoms with Gasteiger partial charge < -0.3 is 24.5 Å². The first-order chi connectivity index (χ1) is 21.7. The number of carbonyl (C=O) groups excluding carboxylic acids is 1. The van der Waals surface area contributed by atoms with E-state index in [0.717, 1.165) is 16.7 Å². The molecule has 3 aromatic rings. The van der Waals surface area contributed by atoms with E-state index in [2.05, 4.69) is 44.7 Å². The van der Waals surface area contributed by atoms with Crippen LogP contribution in [0.2, 0.25) is 18.1 Å². The first-order valence-electron chi connectivity index (χ1n) is 15.5. The van der Waals surface area contributed by atoms with Crippen LogP contribution in [0.5, 0.6) is 11.5 Å². The summed E-state index contributed by atoms with van der Waals surface area (Å²) >= 11 is 0. The fourth-order valence-corrected chi connectivity index (χ4v) is 6.88. The minimum atomic E-state index is -3.54. The molecular formula is C35H47N3O6SSi. The average Bonchev–Trinajstić information content (AvgIpc) is 3.03. The van der Waals surface area contributed by atoms with Crippen molar-refractivity contribution in [3.63, 3.8) is 0 Å². The molecule has 1 amide bonds. The van der Waals surface area contributed by atoms with Crippen LogP contribution in [0.15, 0.2) is 77.7 Å². The Morgan fingerprint density at radius 3 is 2.33 bits per heavy atom. The summed E-state index contributed by atoms with van der Waals surface area (Å²) in [4.78, 5) is 16.2. The Hall–Kier alpha value is -3.64. The van der Waals surface area contributed by atoms with E-state index in [0.29, 0.717) is 55.4 Å². The lowest BCUT2D eigenvalue weighted by atomic mass is 9.93. The summed E-state index contributed by atoms with van der Waals surface area (Å²) in [5.74, 6) is 0.689. The van der Waals surface area contributed by atoms with Crippen molar-refractivity contribution < 1.29 is 27.1 Å². The Morgan fingerprint density at radius 2 is 1.72 bits per heavy atom. The zero-order valence-electron chi connectivity index (χ0n) is 27.9. The van der Waals surface area contributed by atoms with Crippen molar-refractivity contribution in [1.29, 1.82) is 0 Å². The molecule has 0 bridgehead atoms. The van der Waals surface area contributed by atoms with Crippen LogP contribution >= 0.6 is 0 Å². The maximum atomic E-state index is 14.2. The second-order valence-corrected chi connectivity index (χ2v) is 19.7. The molecule has 0 aliphatic carbocycles. The minimum absolute atomic E-state index is 0.0564. The first-order valence-corrected chi connectivity index (χ1v) is 19.9. The second kappa shape index (κ2) is 14.4. The zero-order chi connectivity index (χ0) is 33.7. The van der Waals surface area contributed by atoms with Gasteiger partial charge in [0.1, 0.15) is 6.61 Å². The number of hydrogen-bond acceptors (Lipinski definition) is 7. The van der Waals surface area contributed by atoms with Gasteiger partial charge in [-0.15, -0.1) is 0 Å². The van der Waals surface area contributed by atoms with Gasteiger partial charge >= 0.3 is 0 Å². The lowest BCUT2D eigenvalue weighted by molar-refractivity contribution is 0.0690. The highest BCUT2D eigenvalue weighted by atomic mass is 32.2. The second-order valence-electron chi connectivity index (χ2n) is 13.0. The zero-order valence-corrected chi connectivity index (χ0v) is 29.7. The molecule has 46 heavy (non-hydrogen) atoms. The topological polar surface area (TPSA) is 120 Å². The summed E-state index contributed by atoms with van der Waals surface area (Å²) in [7, 11) is -2.62. The summed E-state index contributed by atoms with van der Waals surface area (Å²) < 4.78 is 45.0. The van der Waals surface area contributed by atoms with E-state index in [-0.39, 0.29) is 21.9 Å². The summed E-state index contributed by atoms with van der Waals surface area (Å²) in [6.45, 7) is 12.3. The SMILES string of the molecule is CNS(=O)(=O)c1ccc(C2=C[C@@H](CCO[Si](C)(C)C(C)(C)C)N(C(=O)c3cc(OC)c(OCc4ccccc4)cc3N)CC2)cc1. The third kappa shape index (κ3) is 8.19. The molecule has 9 nitrogen and oxygen atoms in total. The molecule has 0 saturated heterocycles. The van der Waals surface area contributed by atoms with E-state index in [1.54, 1.807) is 31.4 Å². The summed E-state index contributed by atoms with van der Waals surface area (Å²) in [5, 5.41) is 0.0564. The summed E-state index contributed by atoms with van der Waals surface area (Å²) in [6, 6.07) is 19.7. The molecule has 3 N–H and O–H groups in total. The van der Waals surface area contributed by atoms with Gasteiger partial charge in [-0.25, -0.2) is 13.1 Å². The van der Waals surface area contributed by atoms with Crippen LogP contribution in [-0.4, -0.2) is 60.9 Å². The van der Waals surface area contributed by atoms with E-state index in [9.17, 15) is 13.2 Å². The van der Waals surface area contributed by atoms with Crippen LogP contribution in [0, 0.1) is 0 Å². The highest BCUT2D eigenvalue weighted by Gasteiger charge is 2.37. The Balaban J connectivity index is 1.62. The van der Waals surface area contributed by atoms with Gasteiger partial charge in [0.2, 0.25) is 10.0 Å². The molecular weight excluding hydrogens is 619 g/mol. The number of carbonyl (C=O) groups is 1. The van der Waals surface area contributed by atoms with Gasteiger partial charge in [0.15, 0.2) is 19.8 Å². The number of sulfonamides is 1. The monoisotopic (exact) mass is 665 g/mol. The molecule has 0 fully saturated rings. The third-order valence-electron chi connectivity index (χ3n) is 8.97. The smallest absolute Gasteiger partial charge is 0.256 e. The molecule has 0 unspecified atom stereocenters. The number of nitrogens with two attached hydrogens (primary N) is 1. The van der Waals surface area contributed by atoms with E-state index >= 15 is 0 Å². The fraction of sp³-hybridized carbons (Fsp3) is 0.400. The largest absolute Gasteiger partial charge is 0.493 e. The van der Waals surface area contributed by atoms with Crippen molar-refractivity contribution in [2.24, 2.45) is 0 Å². The molecule has 1 atom stereocenters. The van der Waals surface area contributed by atoms with Gasteiger partial charge in [-0.3, -0.25) is 4.79 Å². The number of ether oxygens (including phenoxy) is 2. The van der Waals surface area contributed by atoms with Crippen molar-refractivity contribution in [1.82, 2.24) is 9.62 Å². The van der Waals surface area contributed by atoms with Crippen LogP contribution in [0.25, 0.3) is 5.57 Å². The Kier molecular flexibility index (Phi) is 11.0. The van der Waals surface area contributed by atoms with Crippen LogP contribution in [0.4, 0.5) is 5.69 Å². The highest BCUT2D eigenvalue weighted by molar-refractivity contribution is 7.89. The molecule has 1 aliphatic rings. The number of benzene rings is 3. The van der Waals surface area contributed by atoms with Crippen LogP contribution in [0.3, 0.4) is 0 Å². The molecule has 1 aliphatic heterocycles. The summed E-state index contributed by atoms with van der Waals surface area (Å²) in [6.07, 6.45) is 3.30. The van der Waals surface area contributed by atoms with Gasteiger partial charge in [0.05, 0.1) is 23.6 Å². The number of anilines is 1. The Labute approximate surface area is 274 Å². The maximum absolute atomic E-state index is 14.2. The van der Waals surface area contributed by atoms with Gasteiger partial charge in [-0.1, -0.05) is 69.3 Å². The summed E-state index contributed by atoms with van der Waals surface area (Å²) in [5.41, 5.74) is 10.1. The Morgan fingerprint density at radius 1 is 1.04 bits per heavy atom. The van der Waals surface area contributed by atoms with Gasteiger partial charge in [-0.05, 0) is 72.9 Å². The lowest BCUT2D eigenvalue weighted by Gasteiger charge is -2.38. The third-order valence-corrected chi connectivity index (χ3v) is 14.9. The number of nitrogens with one attached hydrogen (secondary N) is 1. The number of methoxy groups -OCH3 is 1. The van der Waals surface area contributed by atoms with E-state index in [1.165, 1.54) is 7.05 Å². The standard InChI is InChI=1S/C35H47N3O6SSi/c1-35(2,3)46(6,7)44-20-18-28-21-27(26-13-15-29(16-14-26)45(40,41)37-4)17-19-38(28)34(39)30-22-32(42-5)33(23-31(30)36)43-24-25-11-9-8-10-12-25/h8-16,21-23,28,37H,17-20,24,36H2,1-7H3/t28-/m1/s1. The quantitative estimate of drug-likeness (QED) is 0.168. The molecule has 0 aromatic heterocycles. The average molecular weight is 666 g/mol. The van der Waals surface area contributed by atoms with Crippen LogP contribution in [-0.2, 0) is 21.1 Å². The van der Waals surface area contributed by atoms with Crippen LogP contribution in [0.1, 0.15) is 55.1 Å². The minimum Gasteiger partial charge on any atom is -0.493 e. The molecule has 0 saturated carbocycles. The highest BCUT2D eigenvalue weighted by Crippen LogP contribution is 2.38. The van der Waals surface area contributed by atoms with E-state index in [4.69, 9.17) is 19.6 Å². The number of amides is 1. The van der Waals surface area contributed by atoms with Crippen molar-refractivity contribution >= 4 is 35.5 Å². The normalized spacial score (nSPS) is 15.8. The van der Waals surface area contributed by atoms with E-state index < -0.39 is 18.3 Å². The predicted molar refractivity (Wildman–Crippen MR) is 186 cm³/mol. The lowest BCUT2D eigenvalue weighted by Crippen LogP contribution is -2.45. The number of nitrogens with zero attached hydrogens (tertiary/aromatic N) is 1.